The van der Waals surface area contributed by atoms with Crippen LogP contribution in [0.25, 0.3) is 6.08 Å². The molecule has 0 aliphatic heterocycles. The van der Waals surface area contributed by atoms with E-state index in [0.29, 0.717) is 0 Å². The van der Waals surface area contributed by atoms with E-state index >= 15 is 0 Å². The molecular weight excluding hydrogens is 156 g/mol. The number of hydrogen-bond acceptors (Lipinski definition) is 0. The lowest BCUT2D eigenvalue weighted by molar-refractivity contribution is 1.46. The normalized spacial score (nSPS) is 7.00. The third kappa shape index (κ3) is 7.07. The summed E-state index contributed by atoms with van der Waals surface area (Å²) < 4.78 is 0. The van der Waals surface area contributed by atoms with Gasteiger partial charge in [-0.15, -0.1) is 13.2 Å². The van der Waals surface area contributed by atoms with Crippen molar-refractivity contribution in [3.8, 4) is 0 Å². The monoisotopic (exact) mass is 176 g/mol. The highest BCUT2D eigenvalue weighted by atomic mass is 13.9. The summed E-state index contributed by atoms with van der Waals surface area (Å²) >= 11 is 0. The van der Waals surface area contributed by atoms with E-state index < -0.39 is 0 Å². The molecular formula is C13H20. The van der Waals surface area contributed by atoms with Gasteiger partial charge in [0.05, 0.1) is 0 Å². The molecule has 0 amide bonds. The van der Waals surface area contributed by atoms with Gasteiger partial charge in [0.15, 0.2) is 0 Å². The molecule has 0 nitrogen and oxygen atoms in total. The van der Waals surface area contributed by atoms with Crippen LogP contribution in [-0.4, -0.2) is 0 Å². The Morgan fingerprint density at radius 1 is 1.00 bits per heavy atom. The lowest BCUT2D eigenvalue weighted by Gasteiger charge is -1.91. The van der Waals surface area contributed by atoms with Crippen molar-refractivity contribution in [1.82, 2.24) is 0 Å². The quantitative estimate of drug-likeness (QED) is 0.554. The topological polar surface area (TPSA) is 0 Å². The summed E-state index contributed by atoms with van der Waals surface area (Å²) in [5.74, 6) is 0. The summed E-state index contributed by atoms with van der Waals surface area (Å²) in [6.07, 6.45) is 1.85. The van der Waals surface area contributed by atoms with E-state index in [9.17, 15) is 0 Å². The van der Waals surface area contributed by atoms with E-state index in [4.69, 9.17) is 0 Å². The molecule has 13 heavy (non-hydrogen) atoms. The van der Waals surface area contributed by atoms with Gasteiger partial charge in [0.2, 0.25) is 0 Å². The minimum Gasteiger partial charge on any atom is -0.106 e. The van der Waals surface area contributed by atoms with Gasteiger partial charge in [-0.05, 0) is 12.5 Å². The highest BCUT2D eigenvalue weighted by Crippen LogP contribution is 2.02. The van der Waals surface area contributed by atoms with Gasteiger partial charge in [0.1, 0.15) is 0 Å². The second-order valence-corrected chi connectivity index (χ2v) is 2.11. The Kier molecular flexibility index (Phi) is 11.7. The van der Waals surface area contributed by atoms with E-state index in [0.717, 1.165) is 0 Å². The fourth-order valence-electron chi connectivity index (χ4n) is 0.703. The Hall–Kier alpha value is -1.30. The van der Waals surface area contributed by atoms with Crippen LogP contribution in [0.15, 0.2) is 44.0 Å². The first-order chi connectivity index (χ1) is 6.33. The summed E-state index contributed by atoms with van der Waals surface area (Å²) in [5.41, 5.74) is 2.47. The molecule has 0 saturated carbocycles. The molecule has 0 saturated heterocycles. The van der Waals surface area contributed by atoms with Crippen molar-refractivity contribution >= 4 is 6.08 Å². The van der Waals surface area contributed by atoms with Crippen LogP contribution in [0.5, 0.6) is 0 Å². The summed E-state index contributed by atoms with van der Waals surface area (Å²) in [6.45, 7) is 15.7. The number of aryl methyl sites for hydroxylation is 1. The largest absolute Gasteiger partial charge is 0.106 e. The highest BCUT2D eigenvalue weighted by molar-refractivity contribution is 5.46. The molecule has 0 unspecified atom stereocenters. The Morgan fingerprint density at radius 3 is 1.69 bits per heavy atom. The van der Waals surface area contributed by atoms with Gasteiger partial charge < -0.3 is 0 Å². The maximum Gasteiger partial charge on any atom is -0.0262 e. The van der Waals surface area contributed by atoms with Crippen LogP contribution in [0, 0.1) is 6.92 Å². The lowest BCUT2D eigenvalue weighted by atomic mass is 10.2. The van der Waals surface area contributed by atoms with Crippen LogP contribution >= 0.6 is 0 Å². The van der Waals surface area contributed by atoms with Gasteiger partial charge in [-0.2, -0.15) is 0 Å². The Balaban J connectivity index is 0. The van der Waals surface area contributed by atoms with Crippen LogP contribution in [0.1, 0.15) is 25.0 Å². The fourth-order valence-corrected chi connectivity index (χ4v) is 0.703. The molecule has 72 valence electrons. The van der Waals surface area contributed by atoms with Crippen molar-refractivity contribution in [3.63, 3.8) is 0 Å². The third-order valence-electron chi connectivity index (χ3n) is 1.31. The van der Waals surface area contributed by atoms with Crippen LogP contribution in [-0.2, 0) is 0 Å². The minimum absolute atomic E-state index is 1.18. The number of benzene rings is 1. The van der Waals surface area contributed by atoms with Crippen LogP contribution in [0.2, 0.25) is 0 Å². The lowest BCUT2D eigenvalue weighted by Crippen LogP contribution is -1.71. The van der Waals surface area contributed by atoms with E-state index in [1.54, 1.807) is 0 Å². The smallest absolute Gasteiger partial charge is 0.0262 e. The Morgan fingerprint density at radius 2 is 1.38 bits per heavy atom. The fraction of sp³-hybridized carbons (Fsp3) is 0.231. The number of hydrogen-bond donors (Lipinski definition) is 0. The van der Waals surface area contributed by atoms with E-state index in [-0.39, 0.29) is 0 Å². The molecule has 1 rings (SSSR count). The van der Waals surface area contributed by atoms with Crippen molar-refractivity contribution < 1.29 is 0 Å². The minimum atomic E-state index is 1.18. The zero-order valence-corrected chi connectivity index (χ0v) is 9.01. The molecule has 0 aliphatic rings. The zero-order chi connectivity index (χ0) is 10.7. The first kappa shape index (κ1) is 14.2. The maximum atomic E-state index is 3.66. The summed E-state index contributed by atoms with van der Waals surface area (Å²) in [7, 11) is 0. The predicted octanol–water partition coefficient (Wildman–Crippen LogP) is 4.47. The van der Waals surface area contributed by atoms with Crippen molar-refractivity contribution in [2.45, 2.75) is 20.8 Å². The van der Waals surface area contributed by atoms with Crippen molar-refractivity contribution in [2.24, 2.45) is 0 Å². The van der Waals surface area contributed by atoms with Gasteiger partial charge >= 0.3 is 0 Å². The molecule has 1 aromatic rings. The van der Waals surface area contributed by atoms with E-state index in [1.807, 2.05) is 19.9 Å². The summed E-state index contributed by atoms with van der Waals surface area (Å²) in [6, 6.07) is 8.28. The molecule has 0 aliphatic carbocycles. The molecule has 0 bridgehead atoms. The first-order valence-corrected chi connectivity index (χ1v) is 4.52. The van der Waals surface area contributed by atoms with Crippen molar-refractivity contribution in [2.75, 3.05) is 0 Å². The molecule has 0 heteroatoms. The zero-order valence-electron chi connectivity index (χ0n) is 9.01. The van der Waals surface area contributed by atoms with E-state index in [1.165, 1.54) is 11.1 Å². The second-order valence-electron chi connectivity index (χ2n) is 2.11. The SMILES string of the molecule is C=C.C=Cc1ccc(C)cc1.CC. The van der Waals surface area contributed by atoms with Gasteiger partial charge in [-0.1, -0.05) is 56.3 Å². The van der Waals surface area contributed by atoms with Gasteiger partial charge in [0, 0.05) is 0 Å². The van der Waals surface area contributed by atoms with E-state index in [2.05, 4.69) is 50.9 Å². The molecule has 0 spiro atoms. The van der Waals surface area contributed by atoms with Crippen molar-refractivity contribution in [3.05, 3.63) is 55.1 Å². The molecule has 0 fully saturated rings. The van der Waals surface area contributed by atoms with Crippen LogP contribution in [0.3, 0.4) is 0 Å². The third-order valence-corrected chi connectivity index (χ3v) is 1.31. The van der Waals surface area contributed by atoms with Crippen LogP contribution in [0.4, 0.5) is 0 Å². The average molecular weight is 176 g/mol. The maximum absolute atomic E-state index is 3.66. The standard InChI is InChI=1S/C9H10.C2H6.C2H4/c1-3-9-6-4-8(2)5-7-9;2*1-2/h3-7H,1H2,2H3;1-2H3;1-2H2. The first-order valence-electron chi connectivity index (χ1n) is 4.52. The Labute approximate surface area is 82.6 Å². The van der Waals surface area contributed by atoms with Gasteiger partial charge in [-0.3, -0.25) is 0 Å². The molecule has 1 aromatic carbocycles. The molecule has 0 radical (unpaired) electrons. The Bertz CT molecular complexity index is 206. The predicted molar refractivity (Wildman–Crippen MR) is 63.9 cm³/mol. The molecule has 0 heterocycles. The molecule has 0 N–H and O–H groups in total. The van der Waals surface area contributed by atoms with Crippen LogP contribution < -0.4 is 0 Å². The molecule has 0 atom stereocenters. The summed E-state index contributed by atoms with van der Waals surface area (Å²) in [5, 5.41) is 0. The van der Waals surface area contributed by atoms with Crippen molar-refractivity contribution in [1.29, 1.82) is 0 Å². The van der Waals surface area contributed by atoms with Gasteiger partial charge in [-0.25, -0.2) is 0 Å². The number of rotatable bonds is 1. The average Bonchev–Trinajstić information content (AvgIpc) is 2.25. The highest BCUT2D eigenvalue weighted by Gasteiger charge is 1.82. The summed E-state index contributed by atoms with van der Waals surface area (Å²) in [4.78, 5) is 0. The molecule has 0 aromatic heterocycles. The second kappa shape index (κ2) is 10.7. The van der Waals surface area contributed by atoms with Gasteiger partial charge in [0.25, 0.3) is 0 Å².